The molecule has 15 heteroatoms. The standard InChI is InChI=1S/C22H21Cl3N2O6S4/c23-14-4-5-19-17(10-14)27(7-3-9-37(31,32)33)21(34-19)13-22-26(6-1-2-8-36(28,29)30)18-11-15(24)16(25)12-20(18)35-22/h4-5,10-13H,1-3,6-9H2,(H-,28,29,30,31,32,33)/p+1. The highest BCUT2D eigenvalue weighted by Gasteiger charge is 2.29. The van der Waals surface area contributed by atoms with Crippen LogP contribution in [0.15, 0.2) is 40.3 Å². The molecule has 0 atom stereocenters. The quantitative estimate of drug-likeness (QED) is 0.157. The van der Waals surface area contributed by atoms with Crippen LogP contribution in [0.3, 0.4) is 0 Å². The summed E-state index contributed by atoms with van der Waals surface area (Å²) in [7, 11) is -8.15. The normalized spacial score (nSPS) is 15.2. The third-order valence-corrected chi connectivity index (χ3v) is 10.3. The van der Waals surface area contributed by atoms with Crippen molar-refractivity contribution < 1.29 is 30.5 Å². The molecule has 0 radical (unpaired) electrons. The number of thiazole rings is 1. The summed E-state index contributed by atoms with van der Waals surface area (Å²) in [5, 5.41) is 3.03. The molecular weight excluding hydrogens is 623 g/mol. The summed E-state index contributed by atoms with van der Waals surface area (Å²) in [6.07, 6.45) is 2.95. The number of fused-ring (bicyclic) bond motifs is 2. The summed E-state index contributed by atoms with van der Waals surface area (Å²) in [5.41, 5.74) is 1.67. The maximum Gasteiger partial charge on any atom is 0.265 e. The average Bonchev–Trinajstić information content (AvgIpc) is 3.27. The monoisotopic (exact) mass is 643 g/mol. The van der Waals surface area contributed by atoms with Crippen molar-refractivity contribution >= 4 is 100 Å². The fourth-order valence-corrected chi connectivity index (χ4v) is 7.85. The molecule has 0 fully saturated rings. The number of anilines is 1. The molecule has 2 N–H and O–H groups in total. The molecule has 2 heterocycles. The van der Waals surface area contributed by atoms with Gasteiger partial charge in [-0.2, -0.15) is 21.4 Å². The highest BCUT2D eigenvalue weighted by Crippen LogP contribution is 2.48. The molecule has 1 aliphatic rings. The smallest absolute Gasteiger partial charge is 0.265 e. The lowest BCUT2D eigenvalue weighted by atomic mass is 10.2. The molecule has 1 aliphatic heterocycles. The van der Waals surface area contributed by atoms with E-state index in [1.807, 2.05) is 27.7 Å². The average molecular weight is 645 g/mol. The summed E-state index contributed by atoms with van der Waals surface area (Å²) in [6.45, 7) is 0.807. The van der Waals surface area contributed by atoms with E-state index in [1.54, 1.807) is 18.2 Å². The zero-order valence-electron chi connectivity index (χ0n) is 19.1. The van der Waals surface area contributed by atoms with Gasteiger partial charge in [0.1, 0.15) is 4.70 Å². The highest BCUT2D eigenvalue weighted by molar-refractivity contribution is 8.04. The number of aromatic nitrogens is 1. The Morgan fingerprint density at radius 2 is 1.59 bits per heavy atom. The molecule has 2 aromatic carbocycles. The van der Waals surface area contributed by atoms with Crippen LogP contribution in [0.25, 0.3) is 16.3 Å². The van der Waals surface area contributed by atoms with Crippen molar-refractivity contribution in [1.82, 2.24) is 0 Å². The largest absolute Gasteiger partial charge is 0.335 e. The SMILES string of the molecule is O=S(=O)(O)CCCC[n+]1c(/C=C2\Sc3ccc(Cl)cc3N2CCCS(=O)(=O)O)sc2cc(Cl)c(Cl)cc21. The summed E-state index contributed by atoms with van der Waals surface area (Å²) >= 11 is 21.8. The second-order valence-corrected chi connectivity index (χ2v) is 14.8. The summed E-state index contributed by atoms with van der Waals surface area (Å²) in [4.78, 5) is 2.92. The molecule has 3 aromatic rings. The molecular formula is C22H22Cl3N2O6S4+. The van der Waals surface area contributed by atoms with Crippen molar-refractivity contribution in [3.63, 3.8) is 0 Å². The highest BCUT2D eigenvalue weighted by atomic mass is 35.5. The van der Waals surface area contributed by atoms with Gasteiger partial charge in [-0.05, 0) is 37.1 Å². The second kappa shape index (κ2) is 11.6. The lowest BCUT2D eigenvalue weighted by Gasteiger charge is -2.20. The van der Waals surface area contributed by atoms with Crippen LogP contribution in [0.1, 0.15) is 24.3 Å². The summed E-state index contributed by atoms with van der Waals surface area (Å²) in [6, 6.07) is 9.03. The molecule has 0 saturated heterocycles. The fourth-order valence-electron chi connectivity index (χ4n) is 3.91. The van der Waals surface area contributed by atoms with Crippen molar-refractivity contribution in [2.75, 3.05) is 23.0 Å². The lowest BCUT2D eigenvalue weighted by Crippen LogP contribution is -2.35. The molecule has 0 aliphatic carbocycles. The van der Waals surface area contributed by atoms with Gasteiger partial charge in [0.05, 0.1) is 38.3 Å². The Morgan fingerprint density at radius 3 is 2.30 bits per heavy atom. The number of unbranched alkanes of at least 4 members (excludes halogenated alkanes) is 1. The van der Waals surface area contributed by atoms with E-state index in [9.17, 15) is 21.4 Å². The number of hydrogen-bond donors (Lipinski definition) is 2. The summed E-state index contributed by atoms with van der Waals surface area (Å²) < 4.78 is 66.0. The van der Waals surface area contributed by atoms with Crippen LogP contribution in [-0.2, 0) is 26.8 Å². The van der Waals surface area contributed by atoms with E-state index in [0.29, 0.717) is 34.6 Å². The Labute approximate surface area is 238 Å². The van der Waals surface area contributed by atoms with Gasteiger partial charge in [0.15, 0.2) is 6.54 Å². The minimum Gasteiger partial charge on any atom is -0.335 e. The van der Waals surface area contributed by atoms with Crippen LogP contribution < -0.4 is 9.47 Å². The number of thioether (sulfide) groups is 1. The van der Waals surface area contributed by atoms with Crippen molar-refractivity contribution in [3.05, 3.63) is 55.4 Å². The fraction of sp³-hybridized carbons (Fsp3) is 0.318. The van der Waals surface area contributed by atoms with Gasteiger partial charge >= 0.3 is 0 Å². The zero-order valence-corrected chi connectivity index (χ0v) is 24.6. The van der Waals surface area contributed by atoms with Gasteiger partial charge in [0.25, 0.3) is 25.2 Å². The molecule has 8 nitrogen and oxygen atoms in total. The number of rotatable bonds is 10. The van der Waals surface area contributed by atoms with Gasteiger partial charge in [-0.25, -0.2) is 0 Å². The Bertz CT molecular complexity index is 1590. The van der Waals surface area contributed by atoms with E-state index < -0.39 is 20.2 Å². The molecule has 0 unspecified atom stereocenters. The van der Waals surface area contributed by atoms with Crippen molar-refractivity contribution in [2.45, 2.75) is 30.7 Å². The van der Waals surface area contributed by atoms with Crippen LogP contribution >= 0.6 is 57.9 Å². The molecule has 200 valence electrons. The first kappa shape index (κ1) is 28.9. The predicted octanol–water partition coefficient (Wildman–Crippen LogP) is 6.01. The molecule has 0 saturated carbocycles. The van der Waals surface area contributed by atoms with E-state index in [-0.39, 0.29) is 24.3 Å². The Hall–Kier alpha value is -1.09. The van der Waals surface area contributed by atoms with Crippen molar-refractivity contribution in [1.29, 1.82) is 0 Å². The molecule has 37 heavy (non-hydrogen) atoms. The Kier molecular flexibility index (Phi) is 9.04. The first-order chi connectivity index (χ1) is 17.3. The first-order valence-electron chi connectivity index (χ1n) is 11.0. The number of halogens is 3. The van der Waals surface area contributed by atoms with Gasteiger partial charge in [0, 0.05) is 29.0 Å². The van der Waals surface area contributed by atoms with Gasteiger partial charge in [-0.1, -0.05) is 57.9 Å². The van der Waals surface area contributed by atoms with E-state index >= 15 is 0 Å². The predicted molar refractivity (Wildman–Crippen MR) is 151 cm³/mol. The Morgan fingerprint density at radius 1 is 0.919 bits per heavy atom. The van der Waals surface area contributed by atoms with Crippen LogP contribution in [-0.4, -0.2) is 44.0 Å². The van der Waals surface area contributed by atoms with Gasteiger partial charge < -0.3 is 4.90 Å². The number of nitrogens with zero attached hydrogens (tertiary/aromatic N) is 2. The van der Waals surface area contributed by atoms with Crippen LogP contribution in [0.2, 0.25) is 15.1 Å². The van der Waals surface area contributed by atoms with E-state index in [1.165, 1.54) is 23.1 Å². The summed E-state index contributed by atoms with van der Waals surface area (Å²) in [5.74, 6) is -0.697. The van der Waals surface area contributed by atoms with Gasteiger partial charge in [0.2, 0.25) is 5.52 Å². The van der Waals surface area contributed by atoms with Gasteiger partial charge in [-0.3, -0.25) is 9.11 Å². The van der Waals surface area contributed by atoms with Gasteiger partial charge in [-0.15, -0.1) is 0 Å². The van der Waals surface area contributed by atoms with E-state index in [2.05, 4.69) is 0 Å². The molecule has 0 amide bonds. The van der Waals surface area contributed by atoms with Crippen molar-refractivity contribution in [2.24, 2.45) is 0 Å². The van der Waals surface area contributed by atoms with E-state index in [0.717, 1.165) is 30.8 Å². The molecule has 0 bridgehead atoms. The number of aryl methyl sites for hydroxylation is 1. The number of hydrogen-bond acceptors (Lipinski definition) is 7. The molecule has 1 aromatic heterocycles. The molecule has 4 rings (SSSR count). The third-order valence-electron chi connectivity index (χ3n) is 5.53. The van der Waals surface area contributed by atoms with Crippen LogP contribution in [0, 0.1) is 0 Å². The molecule has 0 spiro atoms. The van der Waals surface area contributed by atoms with E-state index in [4.69, 9.17) is 39.4 Å². The Balaban J connectivity index is 1.72. The maximum atomic E-state index is 11.3. The maximum absolute atomic E-state index is 11.3. The topological polar surface area (TPSA) is 116 Å². The minimum absolute atomic E-state index is 0.204. The van der Waals surface area contributed by atoms with Crippen LogP contribution in [0.4, 0.5) is 5.69 Å². The first-order valence-corrected chi connectivity index (χ1v) is 17.0. The lowest BCUT2D eigenvalue weighted by molar-refractivity contribution is -0.669. The minimum atomic E-state index is -4.10. The second-order valence-electron chi connectivity index (χ2n) is 8.31. The number of benzene rings is 2. The zero-order chi connectivity index (χ0) is 27.0. The van der Waals surface area contributed by atoms with Crippen molar-refractivity contribution in [3.8, 4) is 0 Å². The third kappa shape index (κ3) is 7.52. The van der Waals surface area contributed by atoms with Crippen LogP contribution in [0.5, 0.6) is 0 Å².